The maximum Gasteiger partial charge on any atom is 0.333 e. The first-order valence-electron chi connectivity index (χ1n) is 22.1. The van der Waals surface area contributed by atoms with Crippen LogP contribution in [0.15, 0.2) is 61.3 Å². The van der Waals surface area contributed by atoms with E-state index in [1.54, 1.807) is 45.9 Å². The predicted molar refractivity (Wildman–Crippen MR) is 273 cm³/mol. The van der Waals surface area contributed by atoms with E-state index < -0.39 is 48.2 Å². The van der Waals surface area contributed by atoms with Crippen molar-refractivity contribution in [3.05, 3.63) is 61.3 Å². The fraction of sp³-hybridized carbons (Fsp3) is 0.708. The number of hydrogen-bond donors (Lipinski definition) is 0. The Morgan fingerprint density at radius 1 is 0.607 bits per heavy atom. The van der Waals surface area contributed by atoms with Crippen molar-refractivity contribution in [2.24, 2.45) is 5.92 Å². The maximum absolute atomic E-state index is 11.8. The molecule has 0 aliphatic heterocycles. The number of carbonyl (C=O) groups excluding carboxylic acids is 4. The Bertz CT molecular complexity index is 1340. The highest BCUT2D eigenvalue weighted by Gasteiger charge is 2.27. The Balaban J connectivity index is -0.000000446. The maximum atomic E-state index is 11.8. The summed E-state index contributed by atoms with van der Waals surface area (Å²) in [5.74, 6) is -1.72. The number of ether oxygens (including phenoxy) is 5. The standard InChI is InChI=1S/C23H44O5Si2.C15H22O4.C9H24Si2.CH4/c1-10-13-29(6,7)15-16-30(8,9)14-11-12-26-17-21(28-23(25)20(4)5)18-27-22(24)19(2)3;1-6-7-18-9-13(8-14(16)11(2)3)10-19-15(17)12(4)5;1-6-8-11(4,5)9-7-10(2)3;/h21H,2,4,10-18H2,1,3,5-9H3;6,13H,1-2,4,7-10H2,3,5H3;10H,6-9H2,1-5H3;1H4. The van der Waals surface area contributed by atoms with Crippen molar-refractivity contribution in [1.29, 1.82) is 0 Å². The van der Waals surface area contributed by atoms with Crippen molar-refractivity contribution in [2.75, 3.05) is 39.6 Å². The third kappa shape index (κ3) is 40.1. The average Bonchev–Trinajstić information content (AvgIpc) is 3.14. The van der Waals surface area contributed by atoms with Gasteiger partial charge in [-0.2, -0.15) is 0 Å². The van der Waals surface area contributed by atoms with E-state index in [1.165, 1.54) is 43.1 Å². The molecule has 0 bridgehead atoms. The summed E-state index contributed by atoms with van der Waals surface area (Å²) in [6.07, 6.45) is 4.92. The van der Waals surface area contributed by atoms with Crippen LogP contribution in [0.2, 0.25) is 94.7 Å². The Kier molecular flexibility index (Phi) is 38.4. The summed E-state index contributed by atoms with van der Waals surface area (Å²) in [7, 11) is -3.25. The van der Waals surface area contributed by atoms with E-state index in [-0.39, 0.29) is 54.2 Å². The summed E-state index contributed by atoms with van der Waals surface area (Å²) < 4.78 is 26.6. The number of Topliss-reactive ketones (excluding diaryl/α,β-unsaturated/α-hetero) is 1. The molecular formula is C48H94O9Si4. The normalized spacial score (nSPS) is 12.2. The van der Waals surface area contributed by atoms with Gasteiger partial charge in [0.1, 0.15) is 6.61 Å². The molecule has 356 valence electrons. The van der Waals surface area contributed by atoms with Gasteiger partial charge in [-0.3, -0.25) is 4.79 Å². The number of ketones is 1. The van der Waals surface area contributed by atoms with Crippen molar-refractivity contribution in [3.63, 3.8) is 0 Å². The zero-order valence-electron chi connectivity index (χ0n) is 41.0. The summed E-state index contributed by atoms with van der Waals surface area (Å²) in [6.45, 7) is 50.4. The van der Waals surface area contributed by atoms with Crippen LogP contribution in [0.5, 0.6) is 0 Å². The van der Waals surface area contributed by atoms with Gasteiger partial charge in [-0.25, -0.2) is 14.4 Å². The summed E-state index contributed by atoms with van der Waals surface area (Å²) in [6, 6.07) is 10.2. The first kappa shape index (κ1) is 65.2. The SMILES string of the molecule is C.C=C(C)C(=O)OCC(COCCC[Si](C)(C)CC[Si](C)(C)CCC)OC(=O)C(=C)C.C=CCOCC(COC(=O)C(=C)C)CC(=O)C(=C)C.CCC[Si](C)(C)CC[SiH](C)C. The van der Waals surface area contributed by atoms with E-state index in [0.29, 0.717) is 42.1 Å². The van der Waals surface area contributed by atoms with E-state index in [2.05, 4.69) is 99.1 Å². The van der Waals surface area contributed by atoms with Gasteiger partial charge in [0.05, 0.1) is 26.4 Å². The second-order valence-corrected chi connectivity index (χ2v) is 38.6. The van der Waals surface area contributed by atoms with E-state index in [4.69, 9.17) is 23.7 Å². The number of hydrogen-bond acceptors (Lipinski definition) is 9. The Morgan fingerprint density at radius 3 is 1.49 bits per heavy atom. The minimum atomic E-state index is -1.22. The van der Waals surface area contributed by atoms with Crippen molar-refractivity contribution >= 4 is 56.7 Å². The molecule has 9 nitrogen and oxygen atoms in total. The van der Waals surface area contributed by atoms with Crippen LogP contribution in [0.3, 0.4) is 0 Å². The Morgan fingerprint density at radius 2 is 1.07 bits per heavy atom. The molecule has 0 N–H and O–H groups in total. The van der Waals surface area contributed by atoms with Crippen LogP contribution in [-0.2, 0) is 42.9 Å². The van der Waals surface area contributed by atoms with E-state index in [0.717, 1.165) is 6.42 Å². The molecule has 0 aliphatic carbocycles. The zero-order valence-corrected chi connectivity index (χ0v) is 45.2. The van der Waals surface area contributed by atoms with Crippen LogP contribution in [0, 0.1) is 5.92 Å². The lowest BCUT2D eigenvalue weighted by Gasteiger charge is -2.28. The van der Waals surface area contributed by atoms with Gasteiger partial charge >= 0.3 is 17.9 Å². The largest absolute Gasteiger partial charge is 0.462 e. The van der Waals surface area contributed by atoms with Crippen LogP contribution < -0.4 is 0 Å². The lowest BCUT2D eigenvalue weighted by Crippen LogP contribution is -2.32. The molecule has 2 atom stereocenters. The molecule has 0 saturated carbocycles. The number of allylic oxidation sites excluding steroid dienone is 1. The van der Waals surface area contributed by atoms with Crippen LogP contribution in [0.4, 0.5) is 0 Å². The van der Waals surface area contributed by atoms with Gasteiger partial charge < -0.3 is 23.7 Å². The van der Waals surface area contributed by atoms with E-state index >= 15 is 0 Å². The highest BCUT2D eigenvalue weighted by Crippen LogP contribution is 2.27. The summed E-state index contributed by atoms with van der Waals surface area (Å²) >= 11 is 0. The molecule has 0 rings (SSSR count). The van der Waals surface area contributed by atoms with Gasteiger partial charge in [0.15, 0.2) is 11.9 Å². The van der Waals surface area contributed by atoms with Gasteiger partial charge in [-0.15, -0.1) is 6.58 Å². The molecule has 0 fully saturated rings. The fourth-order valence-electron chi connectivity index (χ4n) is 5.85. The van der Waals surface area contributed by atoms with Gasteiger partial charge in [0, 0.05) is 68.7 Å². The Hall–Kier alpha value is -2.43. The van der Waals surface area contributed by atoms with Crippen molar-refractivity contribution in [2.45, 2.75) is 175 Å². The lowest BCUT2D eigenvalue weighted by atomic mass is 10.0. The van der Waals surface area contributed by atoms with Crippen molar-refractivity contribution < 1.29 is 42.9 Å². The van der Waals surface area contributed by atoms with Gasteiger partial charge in [0.25, 0.3) is 0 Å². The molecule has 0 aliphatic rings. The molecule has 13 heteroatoms. The molecule has 0 saturated heterocycles. The number of carbonyl (C=O) groups is 4. The van der Waals surface area contributed by atoms with Gasteiger partial charge in [-0.05, 0) is 39.7 Å². The highest BCUT2D eigenvalue weighted by atomic mass is 28.3. The first-order valence-corrected chi connectivity index (χ1v) is 35.5. The molecule has 0 heterocycles. The molecule has 0 aromatic rings. The van der Waals surface area contributed by atoms with Crippen LogP contribution in [0.1, 0.15) is 74.7 Å². The van der Waals surface area contributed by atoms with Crippen molar-refractivity contribution in [3.8, 4) is 0 Å². The smallest absolute Gasteiger partial charge is 0.333 e. The van der Waals surface area contributed by atoms with Gasteiger partial charge in [-0.1, -0.05) is 161 Å². The van der Waals surface area contributed by atoms with E-state index in [1.807, 2.05) is 0 Å². The molecule has 0 aromatic carbocycles. The van der Waals surface area contributed by atoms with Gasteiger partial charge in [0.2, 0.25) is 0 Å². The number of rotatable bonds is 31. The topological polar surface area (TPSA) is 114 Å². The molecule has 0 aromatic heterocycles. The third-order valence-electron chi connectivity index (χ3n) is 9.89. The molecule has 61 heavy (non-hydrogen) atoms. The molecule has 0 radical (unpaired) electrons. The summed E-state index contributed by atoms with van der Waals surface area (Å²) in [4.78, 5) is 46.4. The van der Waals surface area contributed by atoms with Crippen LogP contribution in [-0.4, -0.2) is 102 Å². The molecular weight excluding hydrogens is 833 g/mol. The molecule has 2 unspecified atom stereocenters. The third-order valence-corrected chi connectivity index (χ3v) is 22.7. The molecule has 0 amide bonds. The summed E-state index contributed by atoms with van der Waals surface area (Å²) in [5, 5.41) is 0. The summed E-state index contributed by atoms with van der Waals surface area (Å²) in [5.41, 5.74) is 1.42. The van der Waals surface area contributed by atoms with Crippen molar-refractivity contribution in [1.82, 2.24) is 0 Å². The fourth-order valence-corrected chi connectivity index (χ4v) is 21.3. The molecule has 0 spiro atoms. The minimum absolute atomic E-state index is 0. The monoisotopic (exact) mass is 927 g/mol. The number of esters is 3. The van der Waals surface area contributed by atoms with Crippen LogP contribution >= 0.6 is 0 Å². The average molecular weight is 928 g/mol. The predicted octanol–water partition coefficient (Wildman–Crippen LogP) is 12.5. The quantitative estimate of drug-likeness (QED) is 0.0167. The Labute approximate surface area is 380 Å². The van der Waals surface area contributed by atoms with E-state index in [9.17, 15) is 19.2 Å². The van der Waals surface area contributed by atoms with Crippen LogP contribution in [0.25, 0.3) is 0 Å². The highest BCUT2D eigenvalue weighted by molar-refractivity contribution is 6.82. The second kappa shape index (κ2) is 36.0. The minimum Gasteiger partial charge on any atom is -0.462 e. The lowest BCUT2D eigenvalue weighted by molar-refractivity contribution is -0.157. The second-order valence-electron chi connectivity index (χ2n) is 19.3. The zero-order chi connectivity index (χ0) is 47.1. The first-order chi connectivity index (χ1) is 27.6.